The third kappa shape index (κ3) is 27.1. The van der Waals surface area contributed by atoms with Crippen molar-refractivity contribution in [2.24, 2.45) is 0 Å². The van der Waals surface area contributed by atoms with Crippen molar-refractivity contribution >= 4 is 5.91 Å². The lowest BCUT2D eigenvalue weighted by Gasteiger charge is -2.27. The minimum atomic E-state index is -1.28. The minimum absolute atomic E-state index is 0.356. The molecular weight excluding hydrogens is 550 g/mol. The standard InChI is InChI=1S/C38H73NO5/c1-3-5-7-9-11-13-15-16-17-18-19-20-21-22-24-26-28-30-32-36(42)38(44)39-34(33-40)37(43)35(41)31-29-27-25-23-14-12-10-8-6-4-2/h18-19,23,25,34-37,40-43H,3-17,20-22,24,26-33H2,1-2H3,(H,39,44)/b19-18-,25-23+. The van der Waals surface area contributed by atoms with E-state index in [1.54, 1.807) is 0 Å². The van der Waals surface area contributed by atoms with Gasteiger partial charge in [-0.3, -0.25) is 4.79 Å². The molecule has 0 saturated heterocycles. The van der Waals surface area contributed by atoms with Gasteiger partial charge in [-0.2, -0.15) is 0 Å². The third-order valence-electron chi connectivity index (χ3n) is 8.63. The lowest BCUT2D eigenvalue weighted by Crippen LogP contribution is -2.53. The van der Waals surface area contributed by atoms with Gasteiger partial charge in [-0.15, -0.1) is 0 Å². The number of nitrogens with one attached hydrogen (secondary N) is 1. The molecule has 0 spiro atoms. The van der Waals surface area contributed by atoms with Gasteiger partial charge in [-0.05, 0) is 64.2 Å². The maximum Gasteiger partial charge on any atom is 0.249 e. The number of unbranched alkanes of at least 4 members (excludes halogenated alkanes) is 20. The fourth-order valence-corrected chi connectivity index (χ4v) is 5.57. The lowest BCUT2D eigenvalue weighted by molar-refractivity contribution is -0.132. The zero-order valence-electron chi connectivity index (χ0n) is 28.9. The summed E-state index contributed by atoms with van der Waals surface area (Å²) in [5, 5.41) is 43.3. The Balaban J connectivity index is 3.82. The van der Waals surface area contributed by atoms with E-state index in [0.717, 1.165) is 44.9 Å². The summed E-state index contributed by atoms with van der Waals surface area (Å²) in [6.45, 7) is 3.98. The van der Waals surface area contributed by atoms with Crippen LogP contribution in [0.3, 0.4) is 0 Å². The van der Waals surface area contributed by atoms with Gasteiger partial charge in [0, 0.05) is 0 Å². The number of aliphatic hydroxyl groups excluding tert-OH is 4. The van der Waals surface area contributed by atoms with Crippen molar-refractivity contribution in [3.05, 3.63) is 24.3 Å². The molecule has 0 aromatic rings. The number of aliphatic hydroxyl groups is 4. The summed E-state index contributed by atoms with van der Waals surface area (Å²) in [5.74, 6) is -0.601. The second-order valence-electron chi connectivity index (χ2n) is 12.9. The molecule has 0 radical (unpaired) electrons. The quantitative estimate of drug-likeness (QED) is 0.0371. The fraction of sp³-hybridized carbons (Fsp3) is 0.868. The fourth-order valence-electron chi connectivity index (χ4n) is 5.57. The number of carbonyl (C=O) groups excluding carboxylic acids is 1. The van der Waals surface area contributed by atoms with Gasteiger partial charge in [-0.25, -0.2) is 0 Å². The Bertz CT molecular complexity index is 668. The van der Waals surface area contributed by atoms with Crippen LogP contribution in [0.4, 0.5) is 0 Å². The number of rotatable bonds is 33. The molecule has 6 nitrogen and oxygen atoms in total. The van der Waals surface area contributed by atoms with Gasteiger partial charge in [-0.1, -0.05) is 141 Å². The van der Waals surface area contributed by atoms with Gasteiger partial charge < -0.3 is 25.7 Å². The smallest absolute Gasteiger partial charge is 0.249 e. The topological polar surface area (TPSA) is 110 Å². The normalized spacial score (nSPS) is 14.8. The molecule has 4 atom stereocenters. The van der Waals surface area contributed by atoms with E-state index in [2.05, 4.69) is 43.5 Å². The highest BCUT2D eigenvalue weighted by atomic mass is 16.3. The zero-order chi connectivity index (χ0) is 32.5. The Morgan fingerprint density at radius 2 is 0.932 bits per heavy atom. The van der Waals surface area contributed by atoms with Gasteiger partial charge >= 0.3 is 0 Å². The Morgan fingerprint density at radius 3 is 1.36 bits per heavy atom. The molecule has 0 saturated carbocycles. The maximum atomic E-state index is 12.4. The number of allylic oxidation sites excluding steroid dienone is 4. The molecule has 0 aliphatic rings. The van der Waals surface area contributed by atoms with Crippen LogP contribution in [0.15, 0.2) is 24.3 Å². The van der Waals surface area contributed by atoms with Gasteiger partial charge in [0.2, 0.25) is 5.91 Å². The molecule has 0 aromatic heterocycles. The third-order valence-corrected chi connectivity index (χ3v) is 8.63. The van der Waals surface area contributed by atoms with E-state index in [1.165, 1.54) is 109 Å². The highest BCUT2D eigenvalue weighted by Gasteiger charge is 2.28. The summed E-state index contributed by atoms with van der Waals surface area (Å²) in [6.07, 6.45) is 34.9. The van der Waals surface area contributed by atoms with Crippen molar-refractivity contribution in [2.75, 3.05) is 6.61 Å². The van der Waals surface area contributed by atoms with Crippen LogP contribution in [0.25, 0.3) is 0 Å². The van der Waals surface area contributed by atoms with Crippen molar-refractivity contribution in [1.82, 2.24) is 5.32 Å². The first-order valence-electron chi connectivity index (χ1n) is 18.7. The Labute approximate surface area is 272 Å². The Hall–Kier alpha value is -1.21. The van der Waals surface area contributed by atoms with Crippen molar-refractivity contribution in [2.45, 2.75) is 205 Å². The van der Waals surface area contributed by atoms with E-state index >= 15 is 0 Å². The van der Waals surface area contributed by atoms with E-state index in [0.29, 0.717) is 12.8 Å². The average Bonchev–Trinajstić information content (AvgIpc) is 3.03. The molecule has 4 unspecified atom stereocenters. The second kappa shape index (κ2) is 33.2. The van der Waals surface area contributed by atoms with E-state index in [4.69, 9.17) is 0 Å². The first-order valence-corrected chi connectivity index (χ1v) is 18.7. The van der Waals surface area contributed by atoms with Gasteiger partial charge in [0.1, 0.15) is 12.2 Å². The first kappa shape index (κ1) is 42.8. The predicted molar refractivity (Wildman–Crippen MR) is 187 cm³/mol. The molecule has 0 aliphatic heterocycles. The van der Waals surface area contributed by atoms with Gasteiger partial charge in [0.05, 0.1) is 18.8 Å². The molecule has 0 rings (SSSR count). The Kier molecular flexibility index (Phi) is 32.2. The van der Waals surface area contributed by atoms with Crippen molar-refractivity contribution in [3.8, 4) is 0 Å². The van der Waals surface area contributed by atoms with E-state index in [-0.39, 0.29) is 0 Å². The summed E-state index contributed by atoms with van der Waals surface area (Å²) in [4.78, 5) is 12.4. The Morgan fingerprint density at radius 1 is 0.545 bits per heavy atom. The van der Waals surface area contributed by atoms with Crippen LogP contribution >= 0.6 is 0 Å². The highest BCUT2D eigenvalue weighted by molar-refractivity contribution is 5.80. The number of amides is 1. The van der Waals surface area contributed by atoms with E-state index < -0.39 is 36.9 Å². The van der Waals surface area contributed by atoms with Crippen molar-refractivity contribution in [3.63, 3.8) is 0 Å². The molecule has 0 aromatic carbocycles. The monoisotopic (exact) mass is 624 g/mol. The van der Waals surface area contributed by atoms with E-state index in [9.17, 15) is 25.2 Å². The van der Waals surface area contributed by atoms with Gasteiger partial charge in [0.15, 0.2) is 0 Å². The number of carbonyl (C=O) groups is 1. The van der Waals surface area contributed by atoms with Crippen LogP contribution in [0, 0.1) is 0 Å². The van der Waals surface area contributed by atoms with Crippen LogP contribution in [0.5, 0.6) is 0 Å². The molecule has 5 N–H and O–H groups in total. The predicted octanol–water partition coefficient (Wildman–Crippen LogP) is 8.84. The van der Waals surface area contributed by atoms with Crippen LogP contribution in [0.1, 0.15) is 181 Å². The molecule has 0 heterocycles. The summed E-state index contributed by atoms with van der Waals surface area (Å²) in [7, 11) is 0. The van der Waals surface area contributed by atoms with Crippen molar-refractivity contribution < 1.29 is 25.2 Å². The first-order chi connectivity index (χ1) is 21.5. The molecule has 0 aliphatic carbocycles. The van der Waals surface area contributed by atoms with Crippen LogP contribution < -0.4 is 5.32 Å². The van der Waals surface area contributed by atoms with Crippen molar-refractivity contribution in [1.29, 1.82) is 0 Å². The molecule has 44 heavy (non-hydrogen) atoms. The second-order valence-corrected chi connectivity index (χ2v) is 12.9. The highest BCUT2D eigenvalue weighted by Crippen LogP contribution is 2.14. The van der Waals surface area contributed by atoms with E-state index in [1.807, 2.05) is 0 Å². The molecule has 1 amide bonds. The largest absolute Gasteiger partial charge is 0.394 e. The number of hydrogen-bond acceptors (Lipinski definition) is 5. The number of hydrogen-bond donors (Lipinski definition) is 5. The molecular formula is C38H73NO5. The summed E-state index contributed by atoms with van der Waals surface area (Å²) >= 11 is 0. The summed E-state index contributed by atoms with van der Waals surface area (Å²) in [6, 6.07) is -1.000. The lowest BCUT2D eigenvalue weighted by atomic mass is 10.00. The molecule has 0 fully saturated rings. The molecule has 6 heteroatoms. The summed E-state index contributed by atoms with van der Waals surface area (Å²) in [5.41, 5.74) is 0. The van der Waals surface area contributed by atoms with Gasteiger partial charge in [0.25, 0.3) is 0 Å². The molecule has 260 valence electrons. The van der Waals surface area contributed by atoms with Crippen LogP contribution in [-0.2, 0) is 4.79 Å². The summed E-state index contributed by atoms with van der Waals surface area (Å²) < 4.78 is 0. The van der Waals surface area contributed by atoms with Crippen LogP contribution in [0.2, 0.25) is 0 Å². The zero-order valence-corrected chi connectivity index (χ0v) is 28.9. The maximum absolute atomic E-state index is 12.4. The molecule has 0 bridgehead atoms. The average molecular weight is 624 g/mol. The SMILES string of the molecule is CCCCCCC/C=C/CCCC(O)C(O)C(CO)NC(=O)C(O)CCCCCCCC/C=C\CCCCCCCCCC. The van der Waals surface area contributed by atoms with Crippen LogP contribution in [-0.4, -0.2) is 57.3 Å². The minimum Gasteiger partial charge on any atom is -0.394 e.